The average Bonchev–Trinajstić information content (AvgIpc) is 2.70. The van der Waals surface area contributed by atoms with Crippen LogP contribution < -0.4 is 10.6 Å². The summed E-state index contributed by atoms with van der Waals surface area (Å²) in [4.78, 5) is 36.2. The van der Waals surface area contributed by atoms with E-state index in [0.717, 1.165) is 16.8 Å². The van der Waals surface area contributed by atoms with Gasteiger partial charge in [0.25, 0.3) is 11.8 Å². The first kappa shape index (κ1) is 20.0. The van der Waals surface area contributed by atoms with Crippen molar-refractivity contribution in [3.8, 4) is 0 Å². The predicted molar refractivity (Wildman–Crippen MR) is 115 cm³/mol. The average molecular weight is 386 g/mol. The molecule has 0 heterocycles. The van der Waals surface area contributed by atoms with Gasteiger partial charge in [0.1, 0.15) is 0 Å². The zero-order chi connectivity index (χ0) is 21.0. The summed E-state index contributed by atoms with van der Waals surface area (Å²) in [5.41, 5.74) is 4.96. The monoisotopic (exact) mass is 386 g/mol. The first-order chi connectivity index (χ1) is 13.8. The molecule has 0 fully saturated rings. The molecule has 0 atom stereocenters. The van der Waals surface area contributed by atoms with Crippen molar-refractivity contribution < 1.29 is 14.4 Å². The number of anilines is 2. The summed E-state index contributed by atoms with van der Waals surface area (Å²) in [6.07, 6.45) is 0. The molecule has 3 aromatic carbocycles. The number of Topliss-reactive ketones (excluding diaryl/α,β-unsaturated/α-hetero) is 1. The molecule has 2 amide bonds. The third-order valence-corrected chi connectivity index (χ3v) is 4.59. The Hall–Kier alpha value is -3.73. The fraction of sp³-hybridized carbons (Fsp3) is 0.125. The molecule has 146 valence electrons. The second kappa shape index (κ2) is 8.52. The standard InChI is InChI=1S/C24H22N2O3/c1-15-4-13-22(16(2)14-15)26-24(29)20-7-5-19(6-8-20)23(28)25-21-11-9-18(10-12-21)17(3)27/h4-14H,1-3H3,(H,25,28)(H,26,29). The fourth-order valence-corrected chi connectivity index (χ4v) is 2.91. The number of nitrogens with one attached hydrogen (secondary N) is 2. The number of ketones is 1. The zero-order valence-corrected chi connectivity index (χ0v) is 16.6. The molecule has 0 radical (unpaired) electrons. The molecule has 3 rings (SSSR count). The summed E-state index contributed by atoms with van der Waals surface area (Å²) >= 11 is 0. The molecule has 0 aliphatic heterocycles. The summed E-state index contributed by atoms with van der Waals surface area (Å²) in [7, 11) is 0. The number of amides is 2. The summed E-state index contributed by atoms with van der Waals surface area (Å²) in [6, 6.07) is 19.0. The van der Waals surface area contributed by atoms with E-state index in [9.17, 15) is 14.4 Å². The molecule has 5 nitrogen and oxygen atoms in total. The highest BCUT2D eigenvalue weighted by Gasteiger charge is 2.11. The summed E-state index contributed by atoms with van der Waals surface area (Å²) in [5, 5.41) is 5.66. The number of hydrogen-bond donors (Lipinski definition) is 2. The van der Waals surface area contributed by atoms with E-state index in [4.69, 9.17) is 0 Å². The van der Waals surface area contributed by atoms with Crippen molar-refractivity contribution >= 4 is 29.0 Å². The molecule has 0 aliphatic carbocycles. The van der Waals surface area contributed by atoms with Crippen LogP contribution in [0.25, 0.3) is 0 Å². The highest BCUT2D eigenvalue weighted by atomic mass is 16.2. The van der Waals surface area contributed by atoms with Gasteiger partial charge in [-0.2, -0.15) is 0 Å². The minimum absolute atomic E-state index is 0.0300. The van der Waals surface area contributed by atoms with E-state index in [1.807, 2.05) is 32.0 Å². The van der Waals surface area contributed by atoms with Gasteiger partial charge in [0.05, 0.1) is 0 Å². The fourth-order valence-electron chi connectivity index (χ4n) is 2.91. The maximum Gasteiger partial charge on any atom is 0.255 e. The van der Waals surface area contributed by atoms with E-state index in [2.05, 4.69) is 10.6 Å². The van der Waals surface area contributed by atoms with Gasteiger partial charge in [0.2, 0.25) is 0 Å². The highest BCUT2D eigenvalue weighted by Crippen LogP contribution is 2.18. The first-order valence-electron chi connectivity index (χ1n) is 9.24. The Kier molecular flexibility index (Phi) is 5.88. The topological polar surface area (TPSA) is 75.3 Å². The third kappa shape index (κ3) is 4.96. The molecule has 0 spiro atoms. The van der Waals surface area contributed by atoms with E-state index in [-0.39, 0.29) is 17.6 Å². The van der Waals surface area contributed by atoms with E-state index in [1.165, 1.54) is 6.92 Å². The van der Waals surface area contributed by atoms with E-state index >= 15 is 0 Å². The minimum Gasteiger partial charge on any atom is -0.322 e. The van der Waals surface area contributed by atoms with Gasteiger partial charge in [-0.25, -0.2) is 0 Å². The van der Waals surface area contributed by atoms with Crippen molar-refractivity contribution in [1.82, 2.24) is 0 Å². The maximum absolute atomic E-state index is 12.5. The van der Waals surface area contributed by atoms with Crippen LogP contribution in [0.5, 0.6) is 0 Å². The smallest absolute Gasteiger partial charge is 0.255 e. The second-order valence-corrected chi connectivity index (χ2v) is 6.94. The van der Waals surface area contributed by atoms with Gasteiger partial charge in [-0.1, -0.05) is 17.7 Å². The Morgan fingerprint density at radius 2 is 1.17 bits per heavy atom. The van der Waals surface area contributed by atoms with E-state index < -0.39 is 0 Å². The van der Waals surface area contributed by atoms with Crippen LogP contribution in [-0.4, -0.2) is 17.6 Å². The lowest BCUT2D eigenvalue weighted by Gasteiger charge is -2.10. The second-order valence-electron chi connectivity index (χ2n) is 6.94. The van der Waals surface area contributed by atoms with Gasteiger partial charge in [-0.05, 0) is 80.9 Å². The lowest BCUT2D eigenvalue weighted by molar-refractivity contribution is 0.101. The van der Waals surface area contributed by atoms with Gasteiger partial charge in [0.15, 0.2) is 5.78 Å². The van der Waals surface area contributed by atoms with Crippen molar-refractivity contribution in [3.63, 3.8) is 0 Å². The number of benzene rings is 3. The first-order valence-corrected chi connectivity index (χ1v) is 9.24. The van der Waals surface area contributed by atoms with Crippen molar-refractivity contribution in [2.45, 2.75) is 20.8 Å². The van der Waals surface area contributed by atoms with Gasteiger partial charge < -0.3 is 10.6 Å². The Morgan fingerprint density at radius 1 is 0.655 bits per heavy atom. The number of carbonyl (C=O) groups is 3. The van der Waals surface area contributed by atoms with Crippen LogP contribution in [0.1, 0.15) is 49.1 Å². The summed E-state index contributed by atoms with van der Waals surface area (Å²) in [6.45, 7) is 5.44. The van der Waals surface area contributed by atoms with Gasteiger partial charge in [0, 0.05) is 28.1 Å². The molecule has 2 N–H and O–H groups in total. The number of hydrogen-bond acceptors (Lipinski definition) is 3. The SMILES string of the molecule is CC(=O)c1ccc(NC(=O)c2ccc(C(=O)Nc3ccc(C)cc3C)cc2)cc1. The maximum atomic E-state index is 12.5. The van der Waals surface area contributed by atoms with Crippen LogP contribution in [0, 0.1) is 13.8 Å². The molecular weight excluding hydrogens is 364 g/mol. The molecule has 0 saturated carbocycles. The molecule has 5 heteroatoms. The lowest BCUT2D eigenvalue weighted by Crippen LogP contribution is -2.15. The van der Waals surface area contributed by atoms with Crippen LogP contribution in [0.2, 0.25) is 0 Å². The minimum atomic E-state index is -0.290. The van der Waals surface area contributed by atoms with E-state index in [1.54, 1.807) is 48.5 Å². The van der Waals surface area contributed by atoms with Crippen LogP contribution in [-0.2, 0) is 0 Å². The molecule has 0 aliphatic rings. The molecule has 29 heavy (non-hydrogen) atoms. The van der Waals surface area contributed by atoms with Gasteiger partial charge in [-0.15, -0.1) is 0 Å². The van der Waals surface area contributed by atoms with Crippen LogP contribution >= 0.6 is 0 Å². The largest absolute Gasteiger partial charge is 0.322 e. The lowest BCUT2D eigenvalue weighted by atomic mass is 10.1. The predicted octanol–water partition coefficient (Wildman–Crippen LogP) is 5.01. The van der Waals surface area contributed by atoms with Crippen molar-refractivity contribution in [1.29, 1.82) is 0 Å². The summed E-state index contributed by atoms with van der Waals surface area (Å²) < 4.78 is 0. The number of carbonyl (C=O) groups excluding carboxylic acids is 3. The van der Waals surface area contributed by atoms with E-state index in [0.29, 0.717) is 22.4 Å². The molecule has 3 aromatic rings. The van der Waals surface area contributed by atoms with Crippen molar-refractivity contribution in [3.05, 3.63) is 94.5 Å². The van der Waals surface area contributed by atoms with Crippen LogP contribution in [0.15, 0.2) is 66.7 Å². The Bertz CT molecular complexity index is 1070. The van der Waals surface area contributed by atoms with Gasteiger partial charge in [-0.3, -0.25) is 14.4 Å². The molecule has 0 saturated heterocycles. The molecule has 0 bridgehead atoms. The van der Waals surface area contributed by atoms with Crippen LogP contribution in [0.4, 0.5) is 11.4 Å². The Balaban J connectivity index is 1.66. The number of aryl methyl sites for hydroxylation is 2. The summed E-state index contributed by atoms with van der Waals surface area (Å²) in [5.74, 6) is -0.553. The highest BCUT2D eigenvalue weighted by molar-refractivity contribution is 6.07. The van der Waals surface area contributed by atoms with Crippen LogP contribution in [0.3, 0.4) is 0 Å². The number of rotatable bonds is 5. The van der Waals surface area contributed by atoms with Crippen molar-refractivity contribution in [2.75, 3.05) is 10.6 Å². The van der Waals surface area contributed by atoms with Crippen molar-refractivity contribution in [2.24, 2.45) is 0 Å². The Labute approximate surface area is 169 Å². The normalized spacial score (nSPS) is 10.3. The quantitative estimate of drug-likeness (QED) is 0.605. The molecular formula is C24H22N2O3. The third-order valence-electron chi connectivity index (χ3n) is 4.59. The zero-order valence-electron chi connectivity index (χ0n) is 16.6. The molecule has 0 aromatic heterocycles. The molecule has 0 unspecified atom stereocenters. The van der Waals surface area contributed by atoms with Gasteiger partial charge >= 0.3 is 0 Å². The Morgan fingerprint density at radius 3 is 1.69 bits per heavy atom.